The van der Waals surface area contributed by atoms with E-state index in [9.17, 15) is 19.2 Å². The van der Waals surface area contributed by atoms with Crippen LogP contribution in [0, 0.1) is 13.8 Å². The second-order valence-electron chi connectivity index (χ2n) is 17.3. The molecule has 0 atom stereocenters. The SMILES string of the molecule is CC(=O)O/N=C(/C(=O)c1ccc2c(c1)C(CCBr)(CCBr)c1cc(-c3ccc(/C(=N\OC(C)=O)C(=O)c4ccc5c(c4)C(CCCl)(CCCl)c4ccccc4-5)c(C)c3)ccc1-2)c1ccccc1C. The van der Waals surface area contributed by atoms with Crippen LogP contribution in [0.4, 0.5) is 0 Å². The molecule has 0 N–H and O–H groups in total. The summed E-state index contributed by atoms with van der Waals surface area (Å²) in [5.74, 6) is -1.20. The van der Waals surface area contributed by atoms with Gasteiger partial charge < -0.3 is 9.68 Å². The van der Waals surface area contributed by atoms with Crippen molar-refractivity contribution in [1.82, 2.24) is 0 Å². The molecule has 0 saturated heterocycles. The van der Waals surface area contributed by atoms with Gasteiger partial charge in [-0.3, -0.25) is 9.59 Å². The van der Waals surface area contributed by atoms with Gasteiger partial charge in [0.05, 0.1) is 0 Å². The molecule has 0 saturated carbocycles. The average molecular weight is 1080 g/mol. The largest absolute Gasteiger partial charge is 0.332 e. The van der Waals surface area contributed by atoms with E-state index < -0.39 is 28.6 Å². The van der Waals surface area contributed by atoms with E-state index in [0.717, 1.165) is 79.6 Å². The molecule has 6 aromatic carbocycles. The molecular weight excluding hydrogens is 1030 g/mol. The molecule has 0 fully saturated rings. The van der Waals surface area contributed by atoms with Crippen LogP contribution in [0.3, 0.4) is 0 Å². The van der Waals surface area contributed by atoms with Gasteiger partial charge in [-0.05, 0) is 124 Å². The van der Waals surface area contributed by atoms with E-state index in [0.29, 0.717) is 57.5 Å². The van der Waals surface area contributed by atoms with Crippen molar-refractivity contribution in [1.29, 1.82) is 0 Å². The monoisotopic (exact) mass is 1070 g/mol. The minimum atomic E-state index is -0.648. The zero-order valence-corrected chi connectivity index (χ0v) is 42.7. The number of rotatable bonds is 17. The van der Waals surface area contributed by atoms with Crippen LogP contribution in [0.2, 0.25) is 0 Å². The fourth-order valence-corrected chi connectivity index (χ4v) is 12.3. The number of carbonyl (C=O) groups excluding carboxylic acids is 4. The fraction of sp³-hybridized carbons (Fsp3) is 0.250. The number of oxime groups is 2. The van der Waals surface area contributed by atoms with Crippen LogP contribution in [-0.4, -0.2) is 57.3 Å². The van der Waals surface area contributed by atoms with E-state index in [1.54, 1.807) is 12.1 Å². The lowest BCUT2D eigenvalue weighted by Crippen LogP contribution is -2.27. The molecule has 8 rings (SSSR count). The molecule has 0 aliphatic heterocycles. The summed E-state index contributed by atoms with van der Waals surface area (Å²) < 4.78 is 0. The summed E-state index contributed by atoms with van der Waals surface area (Å²) in [5.41, 5.74) is 13.0. The quantitative estimate of drug-likeness (QED) is 0.0296. The van der Waals surface area contributed by atoms with E-state index >= 15 is 0 Å². The Hall–Kier alpha value is -5.52. The zero-order valence-electron chi connectivity index (χ0n) is 38.1. The Bertz CT molecular complexity index is 3060. The maximum Gasteiger partial charge on any atom is 0.332 e. The molecule has 0 unspecified atom stereocenters. The highest BCUT2D eigenvalue weighted by Crippen LogP contribution is 2.55. The smallest absolute Gasteiger partial charge is 0.318 e. The number of fused-ring (bicyclic) bond motifs is 6. The predicted octanol–water partition coefficient (Wildman–Crippen LogP) is 13.6. The van der Waals surface area contributed by atoms with Crippen LogP contribution < -0.4 is 0 Å². The van der Waals surface area contributed by atoms with Crippen LogP contribution in [-0.2, 0) is 30.1 Å². The van der Waals surface area contributed by atoms with E-state index in [4.69, 9.17) is 32.9 Å². The highest BCUT2D eigenvalue weighted by Gasteiger charge is 2.44. The molecule has 346 valence electrons. The number of alkyl halides is 4. The number of benzene rings is 6. The van der Waals surface area contributed by atoms with Gasteiger partial charge >= 0.3 is 11.9 Å². The van der Waals surface area contributed by atoms with Crippen molar-refractivity contribution in [3.8, 4) is 33.4 Å². The first kappa shape index (κ1) is 48.9. The van der Waals surface area contributed by atoms with Crippen molar-refractivity contribution in [3.63, 3.8) is 0 Å². The third kappa shape index (κ3) is 8.97. The molecule has 0 spiro atoms. The van der Waals surface area contributed by atoms with Crippen molar-refractivity contribution < 1.29 is 28.9 Å². The molecule has 12 heteroatoms. The third-order valence-electron chi connectivity index (χ3n) is 13.4. The number of nitrogens with zero attached hydrogens (tertiary/aromatic N) is 2. The summed E-state index contributed by atoms with van der Waals surface area (Å²) in [6, 6.07) is 39.4. The third-order valence-corrected chi connectivity index (χ3v) is 14.6. The molecular formula is C56H48Br2Cl2N2O6. The molecule has 6 aromatic rings. The van der Waals surface area contributed by atoms with Gasteiger partial charge in [-0.25, -0.2) is 9.59 Å². The van der Waals surface area contributed by atoms with Gasteiger partial charge in [-0.15, -0.1) is 23.2 Å². The predicted molar refractivity (Wildman–Crippen MR) is 279 cm³/mol. The van der Waals surface area contributed by atoms with Gasteiger partial charge in [0, 0.05) is 69.4 Å². The normalized spacial score (nSPS) is 14.1. The van der Waals surface area contributed by atoms with Crippen LogP contribution in [0.15, 0.2) is 132 Å². The summed E-state index contributed by atoms with van der Waals surface area (Å²) in [7, 11) is 0. The number of ketones is 2. The first-order chi connectivity index (χ1) is 32.8. The number of halogens is 4. The van der Waals surface area contributed by atoms with Crippen LogP contribution in [0.25, 0.3) is 33.4 Å². The Morgan fingerprint density at radius 3 is 1.46 bits per heavy atom. The van der Waals surface area contributed by atoms with E-state index in [-0.39, 0.29) is 17.2 Å². The summed E-state index contributed by atoms with van der Waals surface area (Å²) in [6.45, 7) is 6.30. The Morgan fingerprint density at radius 1 is 0.500 bits per heavy atom. The number of aryl methyl sites for hydroxylation is 2. The van der Waals surface area contributed by atoms with Gasteiger partial charge in [0.25, 0.3) is 0 Å². The zero-order chi connectivity index (χ0) is 48.3. The van der Waals surface area contributed by atoms with E-state index in [1.807, 2.05) is 92.7 Å². The molecule has 0 aromatic heterocycles. The lowest BCUT2D eigenvalue weighted by atomic mass is 9.73. The fourth-order valence-electron chi connectivity index (χ4n) is 10.3. The van der Waals surface area contributed by atoms with Gasteiger partial charge in [-0.2, -0.15) is 0 Å². The Kier molecular flexibility index (Phi) is 14.8. The molecule has 0 bridgehead atoms. The first-order valence-corrected chi connectivity index (χ1v) is 25.7. The maximum atomic E-state index is 14.7. The topological polar surface area (TPSA) is 111 Å². The Labute approximate surface area is 423 Å². The molecule has 0 radical (unpaired) electrons. The summed E-state index contributed by atoms with van der Waals surface area (Å²) in [4.78, 5) is 63.5. The number of hydrogen-bond donors (Lipinski definition) is 0. The van der Waals surface area contributed by atoms with Crippen LogP contribution in [0.1, 0.15) is 105 Å². The lowest BCUT2D eigenvalue weighted by molar-refractivity contribution is -0.141. The highest BCUT2D eigenvalue weighted by molar-refractivity contribution is 9.09. The van der Waals surface area contributed by atoms with E-state index in [2.05, 4.69) is 72.5 Å². The Balaban J connectivity index is 1.17. The van der Waals surface area contributed by atoms with Crippen LogP contribution in [0.5, 0.6) is 0 Å². The Morgan fingerprint density at radius 2 is 0.941 bits per heavy atom. The van der Waals surface area contributed by atoms with Crippen molar-refractivity contribution in [2.24, 2.45) is 10.3 Å². The summed E-state index contributed by atoms with van der Waals surface area (Å²) >= 11 is 20.5. The summed E-state index contributed by atoms with van der Waals surface area (Å²) in [6.07, 6.45) is 2.78. The number of carbonyl (C=O) groups is 4. The maximum absolute atomic E-state index is 14.7. The number of hydrogen-bond acceptors (Lipinski definition) is 8. The minimum absolute atomic E-state index is 0.00638. The lowest BCUT2D eigenvalue weighted by Gasteiger charge is -2.32. The number of Topliss-reactive ketones (excluding diaryl/α,β-unsaturated/α-hetero) is 2. The molecule has 68 heavy (non-hydrogen) atoms. The first-order valence-electron chi connectivity index (χ1n) is 22.4. The van der Waals surface area contributed by atoms with E-state index in [1.165, 1.54) is 13.8 Å². The van der Waals surface area contributed by atoms with Gasteiger partial charge in [0.1, 0.15) is 0 Å². The molecule has 2 aliphatic rings. The molecule has 8 nitrogen and oxygen atoms in total. The molecule has 0 heterocycles. The minimum Gasteiger partial charge on any atom is -0.318 e. The second-order valence-corrected chi connectivity index (χ2v) is 19.6. The van der Waals surface area contributed by atoms with Gasteiger partial charge in [-0.1, -0.05) is 145 Å². The molecule has 0 amide bonds. The standard InChI is InChI=1S/C56H48Br2Cl2N2O6/c1-33-9-5-6-10-41(33)51(61-67-35(3)63)53(65)39-16-20-46-45-18-14-38(30-48(45)55(21-25-57,22-26-58)49(46)31-39)37-13-17-42(34(2)29-37)52(62-68-36(4)64)54(66)40-15-19-44-43-11-7-8-12-47(43)56(23-27-59,24-28-60)50(44)32-40/h5-20,29-32H,21-28H2,1-4H3/b61-51+,62-52+. The second kappa shape index (κ2) is 20.6. The van der Waals surface area contributed by atoms with Crippen molar-refractivity contribution in [3.05, 3.63) is 177 Å². The van der Waals surface area contributed by atoms with Crippen molar-refractivity contribution >= 4 is 90.0 Å². The van der Waals surface area contributed by atoms with Crippen molar-refractivity contribution in [2.75, 3.05) is 22.4 Å². The van der Waals surface area contributed by atoms with Gasteiger partial charge in [0.2, 0.25) is 11.6 Å². The van der Waals surface area contributed by atoms with Crippen molar-refractivity contribution in [2.45, 2.75) is 64.2 Å². The van der Waals surface area contributed by atoms with Crippen LogP contribution >= 0.6 is 55.1 Å². The molecule has 2 aliphatic carbocycles. The summed E-state index contributed by atoms with van der Waals surface area (Å²) in [5, 5.41) is 9.66. The average Bonchev–Trinajstić information content (AvgIpc) is 3.75. The highest BCUT2D eigenvalue weighted by atomic mass is 79.9. The van der Waals surface area contributed by atoms with Gasteiger partial charge in [0.15, 0.2) is 11.4 Å².